The van der Waals surface area contributed by atoms with E-state index >= 15 is 0 Å². The average Bonchev–Trinajstić information content (AvgIpc) is 2.70. The lowest BCUT2D eigenvalue weighted by atomic mass is 10.1. The Bertz CT molecular complexity index is 1060. The van der Waals surface area contributed by atoms with E-state index < -0.39 is 5.91 Å². The van der Waals surface area contributed by atoms with E-state index in [2.05, 4.69) is 15.8 Å². The van der Waals surface area contributed by atoms with Gasteiger partial charge in [0, 0.05) is 28.4 Å². The van der Waals surface area contributed by atoms with Crippen LogP contribution in [0.15, 0.2) is 71.8 Å². The zero-order chi connectivity index (χ0) is 20.8. The first-order valence-corrected chi connectivity index (χ1v) is 8.76. The second kappa shape index (κ2) is 8.71. The summed E-state index contributed by atoms with van der Waals surface area (Å²) in [5.41, 5.74) is 5.22. The van der Waals surface area contributed by atoms with Crippen molar-refractivity contribution in [1.82, 2.24) is 5.43 Å². The summed E-state index contributed by atoms with van der Waals surface area (Å²) >= 11 is 0. The van der Waals surface area contributed by atoms with Crippen LogP contribution in [0, 0.1) is 6.92 Å². The van der Waals surface area contributed by atoms with E-state index in [0.29, 0.717) is 22.4 Å². The van der Waals surface area contributed by atoms with Crippen molar-refractivity contribution in [2.75, 3.05) is 5.32 Å². The fourth-order valence-electron chi connectivity index (χ4n) is 2.48. The van der Waals surface area contributed by atoms with Crippen LogP contribution in [0.5, 0.6) is 11.5 Å². The molecule has 0 fully saturated rings. The molecule has 3 rings (SSSR count). The summed E-state index contributed by atoms with van der Waals surface area (Å²) in [5, 5.41) is 25.5. The largest absolute Gasteiger partial charge is 0.508 e. The van der Waals surface area contributed by atoms with Crippen LogP contribution in [-0.4, -0.2) is 28.2 Å². The van der Waals surface area contributed by atoms with Crippen molar-refractivity contribution in [3.05, 3.63) is 89.0 Å². The first kappa shape index (κ1) is 19.6. The molecule has 4 N–H and O–H groups in total. The van der Waals surface area contributed by atoms with E-state index in [9.17, 15) is 19.8 Å². The predicted octanol–water partition coefficient (Wildman–Crippen LogP) is 3.42. The van der Waals surface area contributed by atoms with Crippen molar-refractivity contribution in [3.63, 3.8) is 0 Å². The molecule has 0 aliphatic rings. The number of amides is 2. The molecule has 0 saturated carbocycles. The van der Waals surface area contributed by atoms with Gasteiger partial charge in [-0.1, -0.05) is 17.7 Å². The van der Waals surface area contributed by atoms with Crippen molar-refractivity contribution < 1.29 is 19.8 Å². The molecule has 7 nitrogen and oxygen atoms in total. The lowest BCUT2D eigenvalue weighted by Crippen LogP contribution is -2.18. The van der Waals surface area contributed by atoms with Gasteiger partial charge in [-0.3, -0.25) is 9.59 Å². The quantitative estimate of drug-likeness (QED) is 0.396. The van der Waals surface area contributed by atoms with Crippen molar-refractivity contribution in [2.24, 2.45) is 5.10 Å². The van der Waals surface area contributed by atoms with Crippen LogP contribution in [0.3, 0.4) is 0 Å². The number of aryl methyl sites for hydroxylation is 1. The fourth-order valence-corrected chi connectivity index (χ4v) is 2.48. The zero-order valence-corrected chi connectivity index (χ0v) is 15.6. The van der Waals surface area contributed by atoms with Crippen molar-refractivity contribution in [2.45, 2.75) is 6.92 Å². The number of phenols is 2. The van der Waals surface area contributed by atoms with Gasteiger partial charge < -0.3 is 15.5 Å². The van der Waals surface area contributed by atoms with Gasteiger partial charge in [0.25, 0.3) is 11.8 Å². The Labute approximate surface area is 167 Å². The van der Waals surface area contributed by atoms with E-state index in [4.69, 9.17) is 0 Å². The highest BCUT2D eigenvalue weighted by Crippen LogP contribution is 2.20. The standard InChI is InChI=1S/C22H19N3O4/c1-14-2-4-15(5-3-14)21(28)24-18-9-6-16(7-10-18)22(29)25-23-13-17-8-11-19(26)12-20(17)27/h2-13,26-27H,1H3,(H,24,28)(H,25,29)/b23-13-. The highest BCUT2D eigenvalue weighted by atomic mass is 16.3. The van der Waals surface area contributed by atoms with Crippen LogP contribution in [0.25, 0.3) is 0 Å². The van der Waals surface area contributed by atoms with Gasteiger partial charge in [0.1, 0.15) is 11.5 Å². The molecule has 3 aromatic carbocycles. The summed E-state index contributed by atoms with van der Waals surface area (Å²) < 4.78 is 0. The van der Waals surface area contributed by atoms with Crippen LogP contribution in [0.1, 0.15) is 31.8 Å². The molecule has 0 radical (unpaired) electrons. The van der Waals surface area contributed by atoms with Crippen LogP contribution in [0.4, 0.5) is 5.69 Å². The maximum Gasteiger partial charge on any atom is 0.271 e. The van der Waals surface area contributed by atoms with Gasteiger partial charge in [-0.15, -0.1) is 0 Å². The minimum absolute atomic E-state index is 0.0711. The number of hydrogen-bond acceptors (Lipinski definition) is 5. The molecule has 0 unspecified atom stereocenters. The van der Waals surface area contributed by atoms with E-state index in [-0.39, 0.29) is 17.4 Å². The molecule has 2 amide bonds. The van der Waals surface area contributed by atoms with Crippen molar-refractivity contribution in [1.29, 1.82) is 0 Å². The monoisotopic (exact) mass is 389 g/mol. The molecule has 0 aliphatic carbocycles. The van der Waals surface area contributed by atoms with E-state index in [1.165, 1.54) is 24.4 Å². The Morgan fingerprint density at radius 2 is 1.48 bits per heavy atom. The molecule has 0 heterocycles. The summed E-state index contributed by atoms with van der Waals surface area (Å²) in [6, 6.07) is 17.6. The Balaban J connectivity index is 1.59. The maximum absolute atomic E-state index is 12.2. The van der Waals surface area contributed by atoms with E-state index in [0.717, 1.165) is 5.56 Å². The molecule has 0 aromatic heterocycles. The Morgan fingerprint density at radius 1 is 0.862 bits per heavy atom. The smallest absolute Gasteiger partial charge is 0.271 e. The second-order valence-corrected chi connectivity index (χ2v) is 6.34. The predicted molar refractivity (Wildman–Crippen MR) is 110 cm³/mol. The number of carbonyl (C=O) groups is 2. The lowest BCUT2D eigenvalue weighted by molar-refractivity contribution is 0.0954. The third-order valence-corrected chi connectivity index (χ3v) is 4.10. The van der Waals surface area contributed by atoms with Crippen LogP contribution >= 0.6 is 0 Å². The summed E-state index contributed by atoms with van der Waals surface area (Å²) in [6.45, 7) is 1.95. The van der Waals surface area contributed by atoms with E-state index in [1.807, 2.05) is 19.1 Å². The third kappa shape index (κ3) is 5.20. The number of nitrogens with one attached hydrogen (secondary N) is 2. The molecule has 29 heavy (non-hydrogen) atoms. The number of hydrazone groups is 1. The maximum atomic E-state index is 12.2. The second-order valence-electron chi connectivity index (χ2n) is 6.34. The molecule has 7 heteroatoms. The first-order chi connectivity index (χ1) is 13.9. The molecule has 0 saturated heterocycles. The molecule has 0 spiro atoms. The SMILES string of the molecule is Cc1ccc(C(=O)Nc2ccc(C(=O)N/N=C\c3ccc(O)cc3O)cc2)cc1. The van der Waals surface area contributed by atoms with Crippen LogP contribution in [0.2, 0.25) is 0 Å². The highest BCUT2D eigenvalue weighted by molar-refractivity contribution is 6.04. The normalized spacial score (nSPS) is 10.7. The number of aromatic hydroxyl groups is 2. The average molecular weight is 389 g/mol. The van der Waals surface area contributed by atoms with Gasteiger partial charge in [0.2, 0.25) is 0 Å². The van der Waals surface area contributed by atoms with Gasteiger partial charge in [-0.25, -0.2) is 5.43 Å². The first-order valence-electron chi connectivity index (χ1n) is 8.76. The van der Waals surface area contributed by atoms with Crippen molar-refractivity contribution >= 4 is 23.7 Å². The van der Waals surface area contributed by atoms with Gasteiger partial charge in [-0.05, 0) is 55.5 Å². The molecular weight excluding hydrogens is 370 g/mol. The number of rotatable bonds is 5. The van der Waals surface area contributed by atoms with Gasteiger partial charge >= 0.3 is 0 Å². The molecular formula is C22H19N3O4. The summed E-state index contributed by atoms with van der Waals surface area (Å²) in [6.07, 6.45) is 1.27. The fraction of sp³-hybridized carbons (Fsp3) is 0.0455. The summed E-state index contributed by atoms with van der Waals surface area (Å²) in [7, 11) is 0. The Hall–Kier alpha value is -4.13. The minimum atomic E-state index is -0.448. The number of benzene rings is 3. The Kier molecular flexibility index (Phi) is 5.89. The number of hydrogen-bond donors (Lipinski definition) is 4. The topological polar surface area (TPSA) is 111 Å². The van der Waals surface area contributed by atoms with Gasteiger partial charge in [-0.2, -0.15) is 5.10 Å². The number of carbonyl (C=O) groups excluding carboxylic acids is 2. The van der Waals surface area contributed by atoms with Gasteiger partial charge in [0.05, 0.1) is 6.21 Å². The van der Waals surface area contributed by atoms with Crippen LogP contribution < -0.4 is 10.7 Å². The zero-order valence-electron chi connectivity index (χ0n) is 15.6. The minimum Gasteiger partial charge on any atom is -0.508 e. The van der Waals surface area contributed by atoms with Crippen LogP contribution in [-0.2, 0) is 0 Å². The van der Waals surface area contributed by atoms with Gasteiger partial charge in [0.15, 0.2) is 0 Å². The van der Waals surface area contributed by atoms with E-state index in [1.54, 1.807) is 36.4 Å². The number of nitrogens with zero attached hydrogens (tertiary/aromatic N) is 1. The summed E-state index contributed by atoms with van der Waals surface area (Å²) in [4.78, 5) is 24.4. The molecule has 0 atom stereocenters. The molecule has 0 bridgehead atoms. The Morgan fingerprint density at radius 3 is 2.14 bits per heavy atom. The third-order valence-electron chi connectivity index (χ3n) is 4.10. The van der Waals surface area contributed by atoms with Crippen molar-refractivity contribution in [3.8, 4) is 11.5 Å². The number of anilines is 1. The molecule has 146 valence electrons. The summed E-state index contributed by atoms with van der Waals surface area (Å²) in [5.74, 6) is -0.911. The number of phenolic OH excluding ortho intramolecular Hbond substituents is 2. The lowest BCUT2D eigenvalue weighted by Gasteiger charge is -2.07. The molecule has 0 aliphatic heterocycles. The molecule has 3 aromatic rings. The highest BCUT2D eigenvalue weighted by Gasteiger charge is 2.08.